The molecule has 0 saturated carbocycles. The van der Waals surface area contributed by atoms with Crippen LogP contribution in [0.2, 0.25) is 0 Å². The number of hydrogen-bond acceptors (Lipinski definition) is 5. The van der Waals surface area contributed by atoms with Crippen molar-refractivity contribution in [3.05, 3.63) is 40.5 Å². The summed E-state index contributed by atoms with van der Waals surface area (Å²) in [4.78, 5) is 9.40. The summed E-state index contributed by atoms with van der Waals surface area (Å²) in [6, 6.07) is 6.87. The van der Waals surface area contributed by atoms with Crippen LogP contribution in [0.3, 0.4) is 0 Å². The third-order valence-corrected chi connectivity index (χ3v) is 5.21. The number of benzene rings is 1. The minimum absolute atomic E-state index is 0.225. The molecule has 124 valence electrons. The van der Waals surface area contributed by atoms with Gasteiger partial charge in [-0.1, -0.05) is 0 Å². The van der Waals surface area contributed by atoms with Gasteiger partial charge in [-0.15, -0.1) is 11.3 Å². The highest BCUT2D eigenvalue weighted by Gasteiger charge is 2.24. The van der Waals surface area contributed by atoms with Gasteiger partial charge in [-0.2, -0.15) is 0 Å². The van der Waals surface area contributed by atoms with Crippen LogP contribution in [0.5, 0.6) is 0 Å². The monoisotopic (exact) mass is 335 g/mol. The molecule has 1 N–H and O–H groups in total. The standard InChI is InChI=1S/C17H22FN3OS/c1-20-7-8-21(10-15(20)6-9-22)11-17-19-16(12-23-17)13-2-4-14(18)5-3-13/h2-5,12,15,22H,6-11H2,1H3/t15-/m0/s1. The molecule has 2 aromatic rings. The fourth-order valence-electron chi connectivity index (χ4n) is 2.94. The molecule has 4 nitrogen and oxygen atoms in total. The number of nitrogens with zero attached hydrogens (tertiary/aromatic N) is 3. The Labute approximate surface area is 140 Å². The highest BCUT2D eigenvalue weighted by Crippen LogP contribution is 2.23. The van der Waals surface area contributed by atoms with E-state index in [1.165, 1.54) is 12.1 Å². The van der Waals surface area contributed by atoms with E-state index < -0.39 is 0 Å². The molecule has 0 unspecified atom stereocenters. The summed E-state index contributed by atoms with van der Waals surface area (Å²) in [5, 5.41) is 12.3. The van der Waals surface area contributed by atoms with E-state index in [4.69, 9.17) is 0 Å². The summed E-state index contributed by atoms with van der Waals surface area (Å²) in [6.45, 7) is 4.06. The van der Waals surface area contributed by atoms with Crippen molar-refractivity contribution < 1.29 is 9.50 Å². The average molecular weight is 335 g/mol. The molecule has 0 amide bonds. The number of likely N-dealkylation sites (N-methyl/N-ethyl adjacent to an activating group) is 1. The lowest BCUT2D eigenvalue weighted by molar-refractivity contribution is 0.0743. The molecule has 1 aliphatic heterocycles. The van der Waals surface area contributed by atoms with Crippen LogP contribution in [0.25, 0.3) is 11.3 Å². The topological polar surface area (TPSA) is 39.6 Å². The Morgan fingerprint density at radius 3 is 2.83 bits per heavy atom. The molecule has 3 rings (SSSR count). The fraction of sp³-hybridized carbons (Fsp3) is 0.471. The molecule has 1 atom stereocenters. The average Bonchev–Trinajstić information content (AvgIpc) is 3.00. The van der Waals surface area contributed by atoms with Crippen LogP contribution in [-0.2, 0) is 6.54 Å². The molecule has 1 aromatic heterocycles. The predicted molar refractivity (Wildman–Crippen MR) is 90.9 cm³/mol. The molecular weight excluding hydrogens is 313 g/mol. The van der Waals surface area contributed by atoms with Crippen LogP contribution in [0.15, 0.2) is 29.6 Å². The van der Waals surface area contributed by atoms with Gasteiger partial charge in [0.15, 0.2) is 0 Å². The smallest absolute Gasteiger partial charge is 0.123 e. The first-order valence-corrected chi connectivity index (χ1v) is 8.77. The van der Waals surface area contributed by atoms with Crippen LogP contribution in [0, 0.1) is 5.82 Å². The van der Waals surface area contributed by atoms with Gasteiger partial charge < -0.3 is 10.0 Å². The molecule has 2 heterocycles. The third-order valence-electron chi connectivity index (χ3n) is 4.37. The number of piperazine rings is 1. The van der Waals surface area contributed by atoms with Crippen molar-refractivity contribution in [2.45, 2.75) is 19.0 Å². The Kier molecular flexibility index (Phi) is 5.38. The normalized spacial score (nSPS) is 20.0. The van der Waals surface area contributed by atoms with E-state index in [2.05, 4.69) is 21.8 Å². The van der Waals surface area contributed by atoms with Gasteiger partial charge in [0, 0.05) is 43.2 Å². The van der Waals surface area contributed by atoms with Crippen LogP contribution in [-0.4, -0.2) is 59.2 Å². The first kappa shape index (κ1) is 16.5. The van der Waals surface area contributed by atoms with Crippen molar-refractivity contribution in [1.29, 1.82) is 0 Å². The van der Waals surface area contributed by atoms with Crippen LogP contribution in [0.1, 0.15) is 11.4 Å². The fourth-order valence-corrected chi connectivity index (χ4v) is 3.79. The third kappa shape index (κ3) is 4.14. The Hall–Kier alpha value is -1.34. The zero-order valence-electron chi connectivity index (χ0n) is 13.3. The van der Waals surface area contributed by atoms with Gasteiger partial charge in [-0.25, -0.2) is 9.37 Å². The molecular formula is C17H22FN3OS. The summed E-state index contributed by atoms with van der Waals surface area (Å²) in [5.41, 5.74) is 1.86. The number of halogens is 1. The van der Waals surface area contributed by atoms with Gasteiger partial charge in [-0.3, -0.25) is 4.90 Å². The number of aliphatic hydroxyl groups excluding tert-OH is 1. The molecule has 0 spiro atoms. The van der Waals surface area contributed by atoms with Crippen molar-refractivity contribution >= 4 is 11.3 Å². The summed E-state index contributed by atoms with van der Waals surface area (Å²) in [5.74, 6) is -0.225. The lowest BCUT2D eigenvalue weighted by atomic mass is 10.1. The molecule has 1 aliphatic rings. The summed E-state index contributed by atoms with van der Waals surface area (Å²) in [7, 11) is 2.12. The number of thiazole rings is 1. The molecule has 1 saturated heterocycles. The van der Waals surface area contributed by atoms with Crippen molar-refractivity contribution in [2.75, 3.05) is 33.3 Å². The van der Waals surface area contributed by atoms with Gasteiger partial charge in [0.1, 0.15) is 10.8 Å². The molecule has 0 aliphatic carbocycles. The van der Waals surface area contributed by atoms with E-state index in [-0.39, 0.29) is 12.4 Å². The minimum atomic E-state index is -0.225. The van der Waals surface area contributed by atoms with E-state index in [1.54, 1.807) is 23.5 Å². The predicted octanol–water partition coefficient (Wildman–Crippen LogP) is 2.45. The Balaban J connectivity index is 1.63. The molecule has 1 aromatic carbocycles. The Morgan fingerprint density at radius 1 is 1.30 bits per heavy atom. The zero-order chi connectivity index (χ0) is 16.2. The Morgan fingerprint density at radius 2 is 2.09 bits per heavy atom. The molecule has 0 radical (unpaired) electrons. The first-order valence-electron chi connectivity index (χ1n) is 7.89. The van der Waals surface area contributed by atoms with E-state index in [9.17, 15) is 9.50 Å². The Bertz CT molecular complexity index is 631. The SMILES string of the molecule is CN1CCN(Cc2nc(-c3ccc(F)cc3)cs2)C[C@@H]1CCO. The second-order valence-corrected chi connectivity index (χ2v) is 6.96. The lowest BCUT2D eigenvalue weighted by Crippen LogP contribution is -2.51. The van der Waals surface area contributed by atoms with E-state index in [0.717, 1.165) is 48.9 Å². The second kappa shape index (κ2) is 7.49. The van der Waals surface area contributed by atoms with E-state index in [1.807, 2.05) is 5.38 Å². The van der Waals surface area contributed by atoms with Gasteiger partial charge >= 0.3 is 0 Å². The van der Waals surface area contributed by atoms with Gasteiger partial charge in [0.05, 0.1) is 12.2 Å². The van der Waals surface area contributed by atoms with Crippen molar-refractivity contribution in [1.82, 2.24) is 14.8 Å². The van der Waals surface area contributed by atoms with Crippen molar-refractivity contribution in [3.63, 3.8) is 0 Å². The largest absolute Gasteiger partial charge is 0.396 e. The van der Waals surface area contributed by atoms with Crippen molar-refractivity contribution in [3.8, 4) is 11.3 Å². The number of aromatic nitrogens is 1. The minimum Gasteiger partial charge on any atom is -0.396 e. The maximum Gasteiger partial charge on any atom is 0.123 e. The molecule has 6 heteroatoms. The first-order chi connectivity index (χ1) is 11.2. The van der Waals surface area contributed by atoms with Crippen LogP contribution >= 0.6 is 11.3 Å². The molecule has 23 heavy (non-hydrogen) atoms. The van der Waals surface area contributed by atoms with E-state index >= 15 is 0 Å². The van der Waals surface area contributed by atoms with Gasteiger partial charge in [0.25, 0.3) is 0 Å². The summed E-state index contributed by atoms with van der Waals surface area (Å²) < 4.78 is 13.0. The van der Waals surface area contributed by atoms with Crippen LogP contribution in [0.4, 0.5) is 4.39 Å². The quantitative estimate of drug-likeness (QED) is 0.911. The lowest BCUT2D eigenvalue weighted by Gasteiger charge is -2.39. The number of rotatable bonds is 5. The highest BCUT2D eigenvalue weighted by atomic mass is 32.1. The number of hydrogen-bond donors (Lipinski definition) is 1. The van der Waals surface area contributed by atoms with Gasteiger partial charge in [-0.05, 0) is 37.7 Å². The zero-order valence-corrected chi connectivity index (χ0v) is 14.1. The number of aliphatic hydroxyl groups is 1. The maximum absolute atomic E-state index is 13.0. The second-order valence-electron chi connectivity index (χ2n) is 6.02. The molecule has 0 bridgehead atoms. The molecule has 1 fully saturated rings. The highest BCUT2D eigenvalue weighted by molar-refractivity contribution is 7.09. The summed E-state index contributed by atoms with van der Waals surface area (Å²) >= 11 is 1.65. The van der Waals surface area contributed by atoms with Crippen LogP contribution < -0.4 is 0 Å². The van der Waals surface area contributed by atoms with E-state index in [0.29, 0.717) is 6.04 Å². The van der Waals surface area contributed by atoms with Gasteiger partial charge in [0.2, 0.25) is 0 Å². The summed E-state index contributed by atoms with van der Waals surface area (Å²) in [6.07, 6.45) is 0.811. The maximum atomic E-state index is 13.0. The van der Waals surface area contributed by atoms with Crippen molar-refractivity contribution in [2.24, 2.45) is 0 Å².